The summed E-state index contributed by atoms with van der Waals surface area (Å²) in [6, 6.07) is 2.75. The van der Waals surface area contributed by atoms with Crippen molar-refractivity contribution in [1.82, 2.24) is 4.90 Å². The Morgan fingerprint density at radius 2 is 2.37 bits per heavy atom. The Bertz CT molecular complexity index is 412. The van der Waals surface area contributed by atoms with E-state index >= 15 is 0 Å². The Morgan fingerprint density at radius 3 is 2.89 bits per heavy atom. The SMILES string of the molecule is CCC(N)C(c1cc(Br)cs1)N1CCC(C)C1CO. The van der Waals surface area contributed by atoms with Crippen LogP contribution < -0.4 is 5.73 Å². The molecular weight excluding hydrogens is 324 g/mol. The zero-order valence-corrected chi connectivity index (χ0v) is 14.0. The van der Waals surface area contributed by atoms with Gasteiger partial charge in [0.25, 0.3) is 0 Å². The van der Waals surface area contributed by atoms with Gasteiger partial charge in [0.1, 0.15) is 0 Å². The first-order valence-corrected chi connectivity index (χ1v) is 8.61. The van der Waals surface area contributed by atoms with Gasteiger partial charge in [0.05, 0.1) is 12.6 Å². The Morgan fingerprint density at radius 1 is 1.63 bits per heavy atom. The molecule has 0 spiro atoms. The average Bonchev–Trinajstić information content (AvgIpc) is 2.97. The van der Waals surface area contributed by atoms with Crippen LogP contribution in [0, 0.1) is 5.92 Å². The Balaban J connectivity index is 2.28. The second-order valence-electron chi connectivity index (χ2n) is 5.44. The van der Waals surface area contributed by atoms with Gasteiger partial charge in [0.15, 0.2) is 0 Å². The highest BCUT2D eigenvalue weighted by atomic mass is 79.9. The van der Waals surface area contributed by atoms with Gasteiger partial charge in [-0.05, 0) is 47.3 Å². The largest absolute Gasteiger partial charge is 0.395 e. The van der Waals surface area contributed by atoms with Gasteiger partial charge in [0.2, 0.25) is 0 Å². The van der Waals surface area contributed by atoms with Crippen LogP contribution in [0.15, 0.2) is 15.9 Å². The molecule has 4 unspecified atom stereocenters. The van der Waals surface area contributed by atoms with Crippen molar-refractivity contribution in [1.29, 1.82) is 0 Å². The maximum absolute atomic E-state index is 9.67. The lowest BCUT2D eigenvalue weighted by atomic mass is 9.99. The molecule has 1 aromatic rings. The zero-order valence-electron chi connectivity index (χ0n) is 11.6. The number of nitrogens with zero attached hydrogens (tertiary/aromatic N) is 1. The second-order valence-corrected chi connectivity index (χ2v) is 7.30. The monoisotopic (exact) mass is 346 g/mol. The third-order valence-electron chi connectivity index (χ3n) is 4.23. The van der Waals surface area contributed by atoms with E-state index in [4.69, 9.17) is 5.73 Å². The molecule has 0 amide bonds. The first-order chi connectivity index (χ1) is 9.08. The molecule has 5 heteroatoms. The molecule has 0 bridgehead atoms. The van der Waals surface area contributed by atoms with Crippen molar-refractivity contribution in [2.24, 2.45) is 11.7 Å². The fourth-order valence-electron chi connectivity index (χ4n) is 2.99. The van der Waals surface area contributed by atoms with Crippen LogP contribution in [0.3, 0.4) is 0 Å². The van der Waals surface area contributed by atoms with Crippen LogP contribution in [-0.4, -0.2) is 35.2 Å². The molecule has 19 heavy (non-hydrogen) atoms. The van der Waals surface area contributed by atoms with Gasteiger partial charge in [0, 0.05) is 26.8 Å². The average molecular weight is 347 g/mol. The topological polar surface area (TPSA) is 49.5 Å². The molecule has 3 nitrogen and oxygen atoms in total. The number of halogens is 1. The number of aliphatic hydroxyl groups excluding tert-OH is 1. The fourth-order valence-corrected chi connectivity index (χ4v) is 4.63. The lowest BCUT2D eigenvalue weighted by Crippen LogP contribution is -2.45. The maximum Gasteiger partial charge on any atom is 0.0597 e. The predicted octanol–water partition coefficient (Wildman–Crippen LogP) is 2.99. The molecule has 0 radical (unpaired) electrons. The number of hydrogen-bond donors (Lipinski definition) is 2. The summed E-state index contributed by atoms with van der Waals surface area (Å²) in [5.41, 5.74) is 6.37. The van der Waals surface area contributed by atoms with E-state index < -0.39 is 0 Å². The summed E-state index contributed by atoms with van der Waals surface area (Å²) >= 11 is 5.28. The van der Waals surface area contributed by atoms with Crippen molar-refractivity contribution in [3.63, 3.8) is 0 Å². The Hall–Kier alpha value is 0.0600. The Labute approximate surface area is 127 Å². The van der Waals surface area contributed by atoms with Gasteiger partial charge >= 0.3 is 0 Å². The standard InChI is InChI=1S/C14H23BrN2OS/c1-3-11(16)14(13-6-10(15)8-19-13)17-5-4-9(2)12(17)7-18/h6,8-9,11-12,14,18H,3-5,7,16H2,1-2H3. The Kier molecular flexibility index (Phi) is 5.43. The number of likely N-dealkylation sites (tertiary alicyclic amines) is 1. The van der Waals surface area contributed by atoms with Crippen molar-refractivity contribution < 1.29 is 5.11 Å². The first-order valence-electron chi connectivity index (χ1n) is 6.94. The summed E-state index contributed by atoms with van der Waals surface area (Å²) in [5.74, 6) is 0.542. The van der Waals surface area contributed by atoms with Gasteiger partial charge in [-0.15, -0.1) is 11.3 Å². The third-order valence-corrected chi connectivity index (χ3v) is 5.99. The number of nitrogens with two attached hydrogens (primary N) is 1. The minimum atomic E-state index is 0.116. The van der Waals surface area contributed by atoms with Gasteiger partial charge in [-0.3, -0.25) is 4.90 Å². The van der Waals surface area contributed by atoms with E-state index in [1.165, 1.54) is 4.88 Å². The highest BCUT2D eigenvalue weighted by Crippen LogP contribution is 2.38. The van der Waals surface area contributed by atoms with E-state index in [0.29, 0.717) is 5.92 Å². The lowest BCUT2D eigenvalue weighted by Gasteiger charge is -2.36. The van der Waals surface area contributed by atoms with Gasteiger partial charge < -0.3 is 10.8 Å². The molecule has 0 saturated carbocycles. The van der Waals surface area contributed by atoms with Crippen LogP contribution in [0.25, 0.3) is 0 Å². The van der Waals surface area contributed by atoms with E-state index in [0.717, 1.165) is 23.9 Å². The summed E-state index contributed by atoms with van der Waals surface area (Å²) in [6.07, 6.45) is 2.09. The molecule has 0 aromatic carbocycles. The summed E-state index contributed by atoms with van der Waals surface area (Å²) in [6.45, 7) is 5.61. The molecular formula is C14H23BrN2OS. The van der Waals surface area contributed by atoms with Crippen molar-refractivity contribution in [2.75, 3.05) is 13.2 Å². The lowest BCUT2D eigenvalue weighted by molar-refractivity contribution is 0.0909. The number of rotatable bonds is 5. The molecule has 4 atom stereocenters. The van der Waals surface area contributed by atoms with E-state index in [2.05, 4.69) is 46.1 Å². The second kappa shape index (κ2) is 6.68. The molecule has 108 valence electrons. The fraction of sp³-hybridized carbons (Fsp3) is 0.714. The van der Waals surface area contributed by atoms with Crippen molar-refractivity contribution >= 4 is 27.3 Å². The number of thiophene rings is 1. The van der Waals surface area contributed by atoms with Crippen LogP contribution in [-0.2, 0) is 0 Å². The summed E-state index contributed by atoms with van der Waals surface area (Å²) in [7, 11) is 0. The smallest absolute Gasteiger partial charge is 0.0597 e. The molecule has 1 aliphatic rings. The highest BCUT2D eigenvalue weighted by molar-refractivity contribution is 9.10. The molecule has 1 aromatic heterocycles. The van der Waals surface area contributed by atoms with E-state index in [9.17, 15) is 5.11 Å². The summed E-state index contributed by atoms with van der Waals surface area (Å²) in [5, 5.41) is 11.8. The minimum Gasteiger partial charge on any atom is -0.395 e. The van der Waals surface area contributed by atoms with Gasteiger partial charge in [-0.1, -0.05) is 13.8 Å². The highest BCUT2D eigenvalue weighted by Gasteiger charge is 2.38. The van der Waals surface area contributed by atoms with Crippen molar-refractivity contribution in [3.8, 4) is 0 Å². The van der Waals surface area contributed by atoms with Crippen LogP contribution in [0.1, 0.15) is 37.6 Å². The van der Waals surface area contributed by atoms with Crippen LogP contribution in [0.2, 0.25) is 0 Å². The third kappa shape index (κ3) is 3.22. The molecule has 3 N–H and O–H groups in total. The van der Waals surface area contributed by atoms with Gasteiger partial charge in [-0.25, -0.2) is 0 Å². The molecule has 1 saturated heterocycles. The maximum atomic E-state index is 9.67. The number of hydrogen-bond acceptors (Lipinski definition) is 4. The van der Waals surface area contributed by atoms with E-state index in [1.54, 1.807) is 11.3 Å². The summed E-state index contributed by atoms with van der Waals surface area (Å²) in [4.78, 5) is 3.71. The predicted molar refractivity (Wildman–Crippen MR) is 84.4 cm³/mol. The molecule has 2 rings (SSSR count). The number of aliphatic hydroxyl groups is 1. The molecule has 2 heterocycles. The van der Waals surface area contributed by atoms with Crippen LogP contribution >= 0.6 is 27.3 Å². The van der Waals surface area contributed by atoms with Crippen molar-refractivity contribution in [3.05, 3.63) is 20.8 Å². The zero-order chi connectivity index (χ0) is 14.0. The van der Waals surface area contributed by atoms with Crippen LogP contribution in [0.4, 0.5) is 0 Å². The van der Waals surface area contributed by atoms with Crippen molar-refractivity contribution in [2.45, 2.75) is 44.8 Å². The van der Waals surface area contributed by atoms with E-state index in [1.807, 2.05) is 0 Å². The van der Waals surface area contributed by atoms with Crippen LogP contribution in [0.5, 0.6) is 0 Å². The molecule has 1 aliphatic heterocycles. The minimum absolute atomic E-state index is 0.116. The summed E-state index contributed by atoms with van der Waals surface area (Å²) < 4.78 is 1.12. The first kappa shape index (κ1) is 15.4. The van der Waals surface area contributed by atoms with Gasteiger partial charge in [-0.2, -0.15) is 0 Å². The quantitative estimate of drug-likeness (QED) is 0.861. The van der Waals surface area contributed by atoms with E-state index in [-0.39, 0.29) is 24.7 Å². The molecule has 0 aliphatic carbocycles. The molecule has 1 fully saturated rings. The normalized spacial score (nSPS) is 27.6.